The highest BCUT2D eigenvalue weighted by atomic mass is 32.2. The lowest BCUT2D eigenvalue weighted by atomic mass is 9.99. The van der Waals surface area contributed by atoms with Gasteiger partial charge in [0.25, 0.3) is 0 Å². The number of carbonyl (C=O) groups excluding carboxylic acids is 2. The zero-order valence-electron chi connectivity index (χ0n) is 12.5. The number of nitrogens with one attached hydrogen (secondary N) is 1. The van der Waals surface area contributed by atoms with Gasteiger partial charge in [-0.15, -0.1) is 11.8 Å². The molecule has 0 spiro atoms. The predicted molar refractivity (Wildman–Crippen MR) is 84.0 cm³/mol. The maximum Gasteiger partial charge on any atom is 0.329 e. The van der Waals surface area contributed by atoms with Crippen molar-refractivity contribution in [2.75, 3.05) is 17.2 Å². The van der Waals surface area contributed by atoms with E-state index in [1.807, 2.05) is 12.1 Å². The summed E-state index contributed by atoms with van der Waals surface area (Å²) < 4.78 is 0. The number of aliphatic carboxylic acids is 1. The van der Waals surface area contributed by atoms with Gasteiger partial charge in [-0.2, -0.15) is 0 Å². The van der Waals surface area contributed by atoms with Crippen LogP contribution in [0.3, 0.4) is 0 Å². The molecule has 22 heavy (non-hydrogen) atoms. The van der Waals surface area contributed by atoms with Crippen LogP contribution in [0.1, 0.15) is 20.3 Å². The van der Waals surface area contributed by atoms with Gasteiger partial charge in [0.1, 0.15) is 12.1 Å². The first-order chi connectivity index (χ1) is 10.4. The van der Waals surface area contributed by atoms with Crippen LogP contribution in [0.5, 0.6) is 0 Å². The molecule has 1 unspecified atom stereocenters. The van der Waals surface area contributed by atoms with E-state index in [-0.39, 0.29) is 24.6 Å². The Hall–Kier alpha value is -2.02. The number of thioether (sulfide) groups is 1. The second-order valence-electron chi connectivity index (χ2n) is 5.28. The molecule has 0 radical (unpaired) electrons. The number of fused-ring (bicyclic) bond motifs is 1. The molecule has 7 heteroatoms. The highest BCUT2D eigenvalue weighted by Crippen LogP contribution is 2.34. The Kier molecular flexibility index (Phi) is 4.75. The van der Waals surface area contributed by atoms with Crippen LogP contribution in [0, 0.1) is 0 Å². The number of benzene rings is 1. The lowest BCUT2D eigenvalue weighted by molar-refractivity contribution is -0.146. The van der Waals surface area contributed by atoms with Gasteiger partial charge in [-0.3, -0.25) is 9.59 Å². The number of rotatable bonds is 5. The normalized spacial score (nSPS) is 16.6. The van der Waals surface area contributed by atoms with Crippen LogP contribution >= 0.6 is 11.8 Å². The number of hydrogen-bond donors (Lipinski definition) is 2. The van der Waals surface area contributed by atoms with Gasteiger partial charge in [0.05, 0.1) is 11.4 Å². The van der Waals surface area contributed by atoms with E-state index in [0.29, 0.717) is 5.69 Å². The van der Waals surface area contributed by atoms with Gasteiger partial charge in [-0.25, -0.2) is 4.79 Å². The van der Waals surface area contributed by atoms with Crippen molar-refractivity contribution < 1.29 is 19.5 Å². The fourth-order valence-electron chi connectivity index (χ4n) is 2.11. The Morgan fingerprint density at radius 2 is 2.09 bits per heavy atom. The molecule has 0 fully saturated rings. The Morgan fingerprint density at radius 1 is 1.41 bits per heavy atom. The molecule has 2 rings (SSSR count). The van der Waals surface area contributed by atoms with Crippen LogP contribution in [0.15, 0.2) is 29.2 Å². The smallest absolute Gasteiger partial charge is 0.329 e. The van der Waals surface area contributed by atoms with E-state index in [1.54, 1.807) is 19.1 Å². The lowest BCUT2D eigenvalue weighted by Crippen LogP contribution is -2.55. The monoisotopic (exact) mass is 322 g/mol. The molecule has 1 atom stereocenters. The van der Waals surface area contributed by atoms with Gasteiger partial charge in [0.15, 0.2) is 0 Å². The molecule has 0 saturated heterocycles. The maximum absolute atomic E-state index is 12.2. The summed E-state index contributed by atoms with van der Waals surface area (Å²) in [6, 6.07) is 7.35. The van der Waals surface area contributed by atoms with E-state index in [2.05, 4.69) is 5.32 Å². The van der Waals surface area contributed by atoms with E-state index in [1.165, 1.54) is 23.6 Å². The maximum atomic E-state index is 12.2. The summed E-state index contributed by atoms with van der Waals surface area (Å²) in [4.78, 5) is 37.8. The number of carboxylic acids is 1. The topological polar surface area (TPSA) is 86.7 Å². The SMILES string of the molecule is CCC(C)(NC(=O)CN1C(=O)CSc2ccccc21)C(=O)O. The summed E-state index contributed by atoms with van der Waals surface area (Å²) in [7, 11) is 0. The summed E-state index contributed by atoms with van der Waals surface area (Å²) in [6.45, 7) is 2.96. The van der Waals surface area contributed by atoms with Crippen molar-refractivity contribution in [1.29, 1.82) is 0 Å². The second-order valence-corrected chi connectivity index (χ2v) is 6.29. The minimum Gasteiger partial charge on any atom is -0.480 e. The molecule has 0 bridgehead atoms. The summed E-state index contributed by atoms with van der Waals surface area (Å²) in [6.07, 6.45) is 0.258. The molecule has 1 aromatic carbocycles. The third-order valence-electron chi connectivity index (χ3n) is 3.70. The number of anilines is 1. The Morgan fingerprint density at radius 3 is 2.73 bits per heavy atom. The highest BCUT2D eigenvalue weighted by Gasteiger charge is 2.34. The third kappa shape index (κ3) is 3.24. The number of carboxylic acid groups (broad SMARTS) is 1. The first-order valence-corrected chi connectivity index (χ1v) is 7.92. The minimum absolute atomic E-state index is 0.160. The van der Waals surface area contributed by atoms with Crippen molar-refractivity contribution in [2.45, 2.75) is 30.7 Å². The van der Waals surface area contributed by atoms with E-state index < -0.39 is 17.4 Å². The van der Waals surface area contributed by atoms with Gasteiger partial charge in [-0.05, 0) is 25.5 Å². The van der Waals surface area contributed by atoms with Crippen LogP contribution < -0.4 is 10.2 Å². The van der Waals surface area contributed by atoms with Crippen LogP contribution in [-0.4, -0.2) is 40.7 Å². The molecule has 1 aliphatic heterocycles. The quantitative estimate of drug-likeness (QED) is 0.858. The summed E-state index contributed by atoms with van der Waals surface area (Å²) in [5.41, 5.74) is -0.642. The molecule has 1 aromatic rings. The van der Waals surface area contributed by atoms with E-state index in [4.69, 9.17) is 0 Å². The van der Waals surface area contributed by atoms with Crippen molar-refractivity contribution in [3.8, 4) is 0 Å². The molecule has 2 amide bonds. The number of hydrogen-bond acceptors (Lipinski definition) is 4. The largest absolute Gasteiger partial charge is 0.480 e. The molecule has 1 heterocycles. The first kappa shape index (κ1) is 16.4. The van der Waals surface area contributed by atoms with Gasteiger partial charge in [0, 0.05) is 4.90 Å². The third-order valence-corrected chi connectivity index (χ3v) is 4.75. The molecule has 6 nitrogen and oxygen atoms in total. The van der Waals surface area contributed by atoms with Gasteiger partial charge < -0.3 is 15.3 Å². The standard InChI is InChI=1S/C15H18N2O4S/c1-3-15(2,14(20)21)16-12(18)8-17-10-6-4-5-7-11(10)22-9-13(17)19/h4-7H,3,8-9H2,1-2H3,(H,16,18)(H,20,21). The molecular weight excluding hydrogens is 304 g/mol. The Bertz CT molecular complexity index is 619. The average molecular weight is 322 g/mol. The Labute approximate surface area is 132 Å². The van der Waals surface area contributed by atoms with Crippen LogP contribution in [0.2, 0.25) is 0 Å². The fourth-order valence-corrected chi connectivity index (χ4v) is 3.05. The average Bonchev–Trinajstić information content (AvgIpc) is 2.49. The van der Waals surface area contributed by atoms with Crippen molar-refractivity contribution in [3.63, 3.8) is 0 Å². The lowest BCUT2D eigenvalue weighted by Gasteiger charge is -2.30. The summed E-state index contributed by atoms with van der Waals surface area (Å²) in [5.74, 6) is -1.47. The minimum atomic E-state index is -1.33. The van der Waals surface area contributed by atoms with Crippen molar-refractivity contribution in [3.05, 3.63) is 24.3 Å². The van der Waals surface area contributed by atoms with Crippen LogP contribution in [0.4, 0.5) is 5.69 Å². The zero-order chi connectivity index (χ0) is 16.3. The molecular formula is C15H18N2O4S. The van der Waals surface area contributed by atoms with Crippen molar-refractivity contribution >= 4 is 35.2 Å². The molecule has 0 saturated carbocycles. The van der Waals surface area contributed by atoms with Gasteiger partial charge in [-0.1, -0.05) is 19.1 Å². The molecule has 1 aliphatic rings. The molecule has 118 valence electrons. The van der Waals surface area contributed by atoms with Crippen molar-refractivity contribution in [1.82, 2.24) is 5.32 Å². The first-order valence-electron chi connectivity index (χ1n) is 6.94. The molecule has 0 aliphatic carbocycles. The van der Waals surface area contributed by atoms with E-state index >= 15 is 0 Å². The highest BCUT2D eigenvalue weighted by molar-refractivity contribution is 8.00. The number of amides is 2. The zero-order valence-corrected chi connectivity index (χ0v) is 13.3. The Balaban J connectivity index is 2.15. The predicted octanol–water partition coefficient (Wildman–Crippen LogP) is 1.49. The van der Waals surface area contributed by atoms with Crippen LogP contribution in [-0.2, 0) is 14.4 Å². The van der Waals surface area contributed by atoms with E-state index in [9.17, 15) is 19.5 Å². The second kappa shape index (κ2) is 6.39. The number of nitrogens with zero attached hydrogens (tertiary/aromatic N) is 1. The molecule has 2 N–H and O–H groups in total. The summed E-state index contributed by atoms with van der Waals surface area (Å²) >= 11 is 1.43. The number of para-hydroxylation sites is 1. The molecule has 0 aromatic heterocycles. The van der Waals surface area contributed by atoms with Crippen molar-refractivity contribution in [2.24, 2.45) is 0 Å². The summed E-state index contributed by atoms with van der Waals surface area (Å²) in [5, 5.41) is 11.7. The van der Waals surface area contributed by atoms with E-state index in [0.717, 1.165) is 4.90 Å². The van der Waals surface area contributed by atoms with Crippen LogP contribution in [0.25, 0.3) is 0 Å². The fraction of sp³-hybridized carbons (Fsp3) is 0.400. The van der Waals surface area contributed by atoms with Gasteiger partial charge >= 0.3 is 5.97 Å². The number of carbonyl (C=O) groups is 3. The van der Waals surface area contributed by atoms with Gasteiger partial charge in [0.2, 0.25) is 11.8 Å².